The van der Waals surface area contributed by atoms with Crippen molar-refractivity contribution in [3.05, 3.63) is 68.6 Å². The Morgan fingerprint density at radius 2 is 1.05 bits per heavy atom. The highest BCUT2D eigenvalue weighted by Gasteiger charge is 2.09. The molecule has 0 spiro atoms. The second kappa shape index (κ2) is 8.11. The van der Waals surface area contributed by atoms with Gasteiger partial charge in [-0.3, -0.25) is 0 Å². The third-order valence-electron chi connectivity index (χ3n) is 3.48. The van der Waals surface area contributed by atoms with Crippen LogP contribution < -0.4 is 5.32 Å². The lowest BCUT2D eigenvalue weighted by molar-refractivity contribution is 0.462. The van der Waals surface area contributed by atoms with E-state index in [-0.39, 0.29) is 0 Å². The largest absolute Gasteiger partial charge is 0.311 e. The van der Waals surface area contributed by atoms with Gasteiger partial charge in [-0.2, -0.15) is 0 Å². The van der Waals surface area contributed by atoms with E-state index in [4.69, 9.17) is 0 Å². The lowest BCUT2D eigenvalue weighted by Crippen LogP contribution is -2.37. The highest BCUT2D eigenvalue weighted by atomic mass is 79.9. The highest BCUT2D eigenvalue weighted by Crippen LogP contribution is 2.14. The summed E-state index contributed by atoms with van der Waals surface area (Å²) in [5.41, 5.74) is 2.74. The second-order valence-electron chi connectivity index (χ2n) is 5.63. The van der Waals surface area contributed by atoms with E-state index >= 15 is 0 Å². The molecule has 0 saturated heterocycles. The molecule has 2 rings (SSSR count). The predicted octanol–water partition coefficient (Wildman–Crippen LogP) is 5.36. The number of hydrogen-bond acceptors (Lipinski definition) is 1. The summed E-state index contributed by atoms with van der Waals surface area (Å²) in [6, 6.07) is 18.1. The van der Waals surface area contributed by atoms with Crippen molar-refractivity contribution in [2.75, 3.05) is 0 Å². The molecule has 3 heteroatoms. The molecule has 0 bridgehead atoms. The number of benzene rings is 2. The molecule has 2 aromatic rings. The standard InChI is InChI=1S/C18H21Br2N/c1-13(11-15-3-7-17(19)8-4-15)21-14(2)12-16-5-9-18(20)10-6-16/h3-10,13-14,21H,11-12H2,1-2H3. The summed E-state index contributed by atoms with van der Waals surface area (Å²) in [6.45, 7) is 4.50. The molecule has 21 heavy (non-hydrogen) atoms. The van der Waals surface area contributed by atoms with Gasteiger partial charge < -0.3 is 5.32 Å². The zero-order chi connectivity index (χ0) is 15.2. The fourth-order valence-electron chi connectivity index (χ4n) is 2.55. The summed E-state index contributed by atoms with van der Waals surface area (Å²) in [6.07, 6.45) is 2.11. The first-order valence-electron chi connectivity index (χ1n) is 7.28. The molecular weight excluding hydrogens is 390 g/mol. The Balaban J connectivity index is 1.82. The minimum atomic E-state index is 0.469. The van der Waals surface area contributed by atoms with Crippen LogP contribution in [0.1, 0.15) is 25.0 Å². The fourth-order valence-corrected chi connectivity index (χ4v) is 3.08. The Kier molecular flexibility index (Phi) is 6.46. The molecule has 0 aliphatic heterocycles. The molecule has 2 unspecified atom stereocenters. The van der Waals surface area contributed by atoms with Gasteiger partial charge >= 0.3 is 0 Å². The van der Waals surface area contributed by atoms with Gasteiger partial charge in [-0.15, -0.1) is 0 Å². The van der Waals surface area contributed by atoms with Crippen molar-refractivity contribution in [2.24, 2.45) is 0 Å². The first-order valence-corrected chi connectivity index (χ1v) is 8.86. The van der Waals surface area contributed by atoms with E-state index < -0.39 is 0 Å². The average molecular weight is 411 g/mol. The monoisotopic (exact) mass is 409 g/mol. The molecule has 0 saturated carbocycles. The minimum Gasteiger partial charge on any atom is -0.311 e. The van der Waals surface area contributed by atoms with Crippen molar-refractivity contribution in [2.45, 2.75) is 38.8 Å². The van der Waals surface area contributed by atoms with Crippen molar-refractivity contribution in [1.82, 2.24) is 5.32 Å². The molecule has 0 fully saturated rings. The molecule has 0 aliphatic rings. The summed E-state index contributed by atoms with van der Waals surface area (Å²) in [5, 5.41) is 3.68. The summed E-state index contributed by atoms with van der Waals surface area (Å²) < 4.78 is 2.27. The normalized spacial score (nSPS) is 13.9. The Labute approximate surface area is 144 Å². The molecule has 0 aliphatic carbocycles. The van der Waals surface area contributed by atoms with E-state index in [1.807, 2.05) is 0 Å². The van der Waals surface area contributed by atoms with Crippen LogP contribution in [0.25, 0.3) is 0 Å². The van der Waals surface area contributed by atoms with E-state index in [2.05, 4.69) is 99.6 Å². The minimum absolute atomic E-state index is 0.469. The zero-order valence-electron chi connectivity index (χ0n) is 12.4. The van der Waals surface area contributed by atoms with Crippen LogP contribution in [0.3, 0.4) is 0 Å². The van der Waals surface area contributed by atoms with Crippen LogP contribution in [0.15, 0.2) is 57.5 Å². The van der Waals surface area contributed by atoms with Gasteiger partial charge in [-0.05, 0) is 62.1 Å². The van der Waals surface area contributed by atoms with Gasteiger partial charge in [0, 0.05) is 21.0 Å². The van der Waals surface area contributed by atoms with Crippen molar-refractivity contribution in [1.29, 1.82) is 0 Å². The molecule has 0 amide bonds. The molecule has 0 aromatic heterocycles. The van der Waals surface area contributed by atoms with Gasteiger partial charge in [-0.25, -0.2) is 0 Å². The third-order valence-corrected chi connectivity index (χ3v) is 4.54. The van der Waals surface area contributed by atoms with E-state index in [1.165, 1.54) is 11.1 Å². The van der Waals surface area contributed by atoms with Crippen LogP contribution in [-0.4, -0.2) is 12.1 Å². The maximum Gasteiger partial charge on any atom is 0.0175 e. The first kappa shape index (κ1) is 16.7. The molecule has 1 nitrogen and oxygen atoms in total. The molecule has 2 atom stereocenters. The van der Waals surface area contributed by atoms with E-state index in [1.54, 1.807) is 0 Å². The van der Waals surface area contributed by atoms with Gasteiger partial charge in [0.05, 0.1) is 0 Å². The Hall–Kier alpha value is -0.640. The summed E-state index contributed by atoms with van der Waals surface area (Å²) >= 11 is 6.95. The van der Waals surface area contributed by atoms with Gasteiger partial charge in [0.1, 0.15) is 0 Å². The summed E-state index contributed by atoms with van der Waals surface area (Å²) in [4.78, 5) is 0. The van der Waals surface area contributed by atoms with Crippen LogP contribution in [0.4, 0.5) is 0 Å². The molecule has 112 valence electrons. The van der Waals surface area contributed by atoms with Crippen LogP contribution in [-0.2, 0) is 12.8 Å². The summed E-state index contributed by atoms with van der Waals surface area (Å²) in [5.74, 6) is 0. The smallest absolute Gasteiger partial charge is 0.0175 e. The number of rotatable bonds is 6. The van der Waals surface area contributed by atoms with E-state index in [0.29, 0.717) is 12.1 Å². The van der Waals surface area contributed by atoms with E-state index in [0.717, 1.165) is 21.8 Å². The van der Waals surface area contributed by atoms with Gasteiger partial charge in [0.2, 0.25) is 0 Å². The SMILES string of the molecule is CC(Cc1ccc(Br)cc1)NC(C)Cc1ccc(Br)cc1. The first-order chi connectivity index (χ1) is 10.0. The lowest BCUT2D eigenvalue weighted by Gasteiger charge is -2.20. The Morgan fingerprint density at radius 3 is 1.38 bits per heavy atom. The van der Waals surface area contributed by atoms with Crippen LogP contribution in [0, 0.1) is 0 Å². The van der Waals surface area contributed by atoms with Crippen LogP contribution >= 0.6 is 31.9 Å². The highest BCUT2D eigenvalue weighted by molar-refractivity contribution is 9.10. The topological polar surface area (TPSA) is 12.0 Å². The number of halogens is 2. The quantitative estimate of drug-likeness (QED) is 0.675. The van der Waals surface area contributed by atoms with Crippen molar-refractivity contribution in [3.8, 4) is 0 Å². The molecule has 2 aromatic carbocycles. The molecule has 0 heterocycles. The number of nitrogens with one attached hydrogen (secondary N) is 1. The second-order valence-corrected chi connectivity index (χ2v) is 7.46. The predicted molar refractivity (Wildman–Crippen MR) is 97.8 cm³/mol. The molecule has 1 N–H and O–H groups in total. The van der Waals surface area contributed by atoms with Crippen molar-refractivity contribution in [3.63, 3.8) is 0 Å². The number of hydrogen-bond donors (Lipinski definition) is 1. The van der Waals surface area contributed by atoms with Gasteiger partial charge in [0.15, 0.2) is 0 Å². The maximum absolute atomic E-state index is 3.68. The maximum atomic E-state index is 3.68. The van der Waals surface area contributed by atoms with E-state index in [9.17, 15) is 0 Å². The molecular formula is C18H21Br2N. The van der Waals surface area contributed by atoms with Gasteiger partial charge in [-0.1, -0.05) is 56.1 Å². The third kappa shape index (κ3) is 5.93. The van der Waals surface area contributed by atoms with Crippen LogP contribution in [0.2, 0.25) is 0 Å². The van der Waals surface area contributed by atoms with Crippen molar-refractivity contribution >= 4 is 31.9 Å². The van der Waals surface area contributed by atoms with Crippen LogP contribution in [0.5, 0.6) is 0 Å². The van der Waals surface area contributed by atoms with Gasteiger partial charge in [0.25, 0.3) is 0 Å². The fraction of sp³-hybridized carbons (Fsp3) is 0.333. The summed E-state index contributed by atoms with van der Waals surface area (Å²) in [7, 11) is 0. The Morgan fingerprint density at radius 1 is 0.714 bits per heavy atom. The Bertz CT molecular complexity index is 497. The average Bonchev–Trinajstić information content (AvgIpc) is 2.44. The molecule has 0 radical (unpaired) electrons. The van der Waals surface area contributed by atoms with Crippen molar-refractivity contribution < 1.29 is 0 Å². The lowest BCUT2D eigenvalue weighted by atomic mass is 10.0. The zero-order valence-corrected chi connectivity index (χ0v) is 15.6.